The summed E-state index contributed by atoms with van der Waals surface area (Å²) in [6.45, 7) is 4.15. The van der Waals surface area contributed by atoms with Crippen LogP contribution < -0.4 is 0 Å². The van der Waals surface area contributed by atoms with Gasteiger partial charge in [0.05, 0.1) is 0 Å². The second-order valence-electron chi connectivity index (χ2n) is 7.25. The number of halogens is 4. The summed E-state index contributed by atoms with van der Waals surface area (Å²) in [5, 5.41) is 0. The van der Waals surface area contributed by atoms with Crippen molar-refractivity contribution >= 4 is 17.5 Å². The van der Waals surface area contributed by atoms with Crippen LogP contribution in [0.4, 0.5) is 16.4 Å². The van der Waals surface area contributed by atoms with Crippen LogP contribution in [0.15, 0.2) is 0 Å². The average Bonchev–Trinajstić information content (AvgIpc) is 2.51. The maximum absolute atomic E-state index is 13.8. The van der Waals surface area contributed by atoms with Crippen molar-refractivity contribution < 1.29 is 16.4 Å². The van der Waals surface area contributed by atoms with Gasteiger partial charge in [0.1, 0.15) is 0 Å². The summed E-state index contributed by atoms with van der Waals surface area (Å²) in [6, 6.07) is 0.361. The molecule has 0 fully saturated rings. The van der Waals surface area contributed by atoms with Crippen LogP contribution in [0.25, 0.3) is 0 Å². The van der Waals surface area contributed by atoms with Gasteiger partial charge in [0.25, 0.3) is 0 Å². The Hall–Kier alpha value is 0.154. The van der Waals surface area contributed by atoms with Crippen molar-refractivity contribution in [3.63, 3.8) is 0 Å². The zero-order chi connectivity index (χ0) is 18.3. The molecule has 0 nitrogen and oxygen atoms in total. The fourth-order valence-corrected chi connectivity index (χ4v) is 6.56. The number of hydrogen-bond acceptors (Lipinski definition) is 0. The third-order valence-electron chi connectivity index (χ3n) is 4.63. The predicted molar refractivity (Wildman–Crippen MR) is 102 cm³/mol. The predicted octanol–water partition coefficient (Wildman–Crippen LogP) is 8.47. The first-order valence-electron chi connectivity index (χ1n) is 10.1. The second-order valence-corrected chi connectivity index (χ2v) is 12.7. The minimum Gasteiger partial charge on any atom is -0.270 e. The molecule has 0 aliphatic heterocycles. The quantitative estimate of drug-likeness (QED) is 0.102. The zero-order valence-corrected chi connectivity index (χ0v) is 17.8. The summed E-state index contributed by atoms with van der Waals surface area (Å²) in [5.74, 6) is 0. The van der Waals surface area contributed by atoms with E-state index < -0.39 is 17.5 Å². The molecule has 0 radical (unpaired) electrons. The Balaban J connectivity index is 3.60. The average molecular weight is 387 g/mol. The van der Waals surface area contributed by atoms with Gasteiger partial charge in [-0.25, -0.2) is 0 Å². The van der Waals surface area contributed by atoms with E-state index in [1.807, 2.05) is 0 Å². The van der Waals surface area contributed by atoms with Gasteiger partial charge in [0.2, 0.25) is 0 Å². The molecule has 0 saturated carbocycles. The van der Waals surface area contributed by atoms with E-state index in [0.29, 0.717) is 38.5 Å². The summed E-state index contributed by atoms with van der Waals surface area (Å²) in [7, 11) is -8.03. The van der Waals surface area contributed by atoms with Gasteiger partial charge in [-0.3, -0.25) is 16.4 Å². The van der Waals surface area contributed by atoms with Crippen LogP contribution in [0.3, 0.4) is 0 Å². The highest BCUT2D eigenvalue weighted by Crippen LogP contribution is 2.28. The third-order valence-corrected chi connectivity index (χ3v) is 8.97. The second kappa shape index (κ2) is 14.3. The first-order chi connectivity index (χ1) is 11.3. The molecule has 6 heteroatoms. The van der Waals surface area contributed by atoms with Gasteiger partial charge in [0.15, 0.2) is 0 Å². The van der Waals surface area contributed by atoms with E-state index >= 15 is 0 Å². The molecule has 0 heterocycles. The van der Waals surface area contributed by atoms with Crippen LogP contribution in [-0.4, -0.2) is 17.5 Å². The van der Waals surface area contributed by atoms with E-state index in [1.165, 1.54) is 0 Å². The standard InChI is InChI=1S/C18H38F4Si2/c1-3-5-7-11-15-23(19,20)17-13-9-10-14-18-24(21,22)16-12-8-6-4-2/h3-18H2,1-2H3. The zero-order valence-electron chi connectivity index (χ0n) is 15.8. The van der Waals surface area contributed by atoms with Crippen molar-refractivity contribution in [2.24, 2.45) is 0 Å². The Kier molecular flexibility index (Phi) is 14.4. The number of rotatable bonds is 17. The van der Waals surface area contributed by atoms with Crippen molar-refractivity contribution in [1.82, 2.24) is 0 Å². The molecule has 0 aliphatic rings. The van der Waals surface area contributed by atoms with E-state index in [9.17, 15) is 16.4 Å². The van der Waals surface area contributed by atoms with Crippen molar-refractivity contribution in [3.8, 4) is 0 Å². The molecule has 0 rings (SSSR count). The van der Waals surface area contributed by atoms with Gasteiger partial charge >= 0.3 is 17.5 Å². The van der Waals surface area contributed by atoms with Gasteiger partial charge < -0.3 is 0 Å². The fraction of sp³-hybridized carbons (Fsp3) is 1.00. The van der Waals surface area contributed by atoms with E-state index in [4.69, 9.17) is 0 Å². The first-order valence-corrected chi connectivity index (χ1v) is 14.4. The van der Waals surface area contributed by atoms with Crippen LogP contribution in [-0.2, 0) is 0 Å². The summed E-state index contributed by atoms with van der Waals surface area (Å²) in [5.41, 5.74) is 0. The molecular formula is C18H38F4Si2. The lowest BCUT2D eigenvalue weighted by molar-refractivity contribution is 0.537. The lowest BCUT2D eigenvalue weighted by Crippen LogP contribution is -2.22. The summed E-state index contributed by atoms with van der Waals surface area (Å²) >= 11 is 0. The van der Waals surface area contributed by atoms with Gasteiger partial charge in [-0.05, 0) is 24.2 Å². The highest BCUT2D eigenvalue weighted by atomic mass is 28.4. The van der Waals surface area contributed by atoms with Gasteiger partial charge in [-0.15, -0.1) is 0 Å². The molecule has 0 spiro atoms. The molecule has 0 aromatic rings. The molecule has 0 aromatic heterocycles. The van der Waals surface area contributed by atoms with Gasteiger partial charge in [0, 0.05) is 0 Å². The molecule has 0 aromatic carbocycles. The number of hydrogen-bond donors (Lipinski definition) is 0. The van der Waals surface area contributed by atoms with Crippen LogP contribution in [0.5, 0.6) is 0 Å². The van der Waals surface area contributed by atoms with Gasteiger partial charge in [-0.1, -0.05) is 90.9 Å². The Bertz CT molecular complexity index is 258. The van der Waals surface area contributed by atoms with Gasteiger partial charge in [-0.2, -0.15) is 0 Å². The minimum atomic E-state index is -4.02. The molecule has 24 heavy (non-hydrogen) atoms. The summed E-state index contributed by atoms with van der Waals surface area (Å²) < 4.78 is 55.1. The Morgan fingerprint density at radius 2 is 0.667 bits per heavy atom. The minimum absolute atomic E-state index is 0.0595. The first kappa shape index (κ1) is 24.2. The Morgan fingerprint density at radius 1 is 0.417 bits per heavy atom. The van der Waals surface area contributed by atoms with Crippen molar-refractivity contribution in [3.05, 3.63) is 0 Å². The van der Waals surface area contributed by atoms with Crippen LogP contribution in [0.2, 0.25) is 24.2 Å². The smallest absolute Gasteiger partial charge is 0.270 e. The van der Waals surface area contributed by atoms with E-state index in [-0.39, 0.29) is 24.2 Å². The molecular weight excluding hydrogens is 348 g/mol. The molecule has 0 saturated heterocycles. The highest BCUT2D eigenvalue weighted by Gasteiger charge is 2.34. The molecule has 0 aliphatic carbocycles. The molecule has 0 bridgehead atoms. The lowest BCUT2D eigenvalue weighted by Gasteiger charge is -2.14. The summed E-state index contributed by atoms with van der Waals surface area (Å²) in [6.07, 6.45) is 9.80. The van der Waals surface area contributed by atoms with Crippen LogP contribution in [0, 0.1) is 0 Å². The molecule has 0 amide bonds. The van der Waals surface area contributed by atoms with E-state index in [2.05, 4.69) is 13.8 Å². The van der Waals surface area contributed by atoms with E-state index in [1.54, 1.807) is 0 Å². The molecule has 146 valence electrons. The van der Waals surface area contributed by atoms with Crippen LogP contribution in [0.1, 0.15) is 90.9 Å². The van der Waals surface area contributed by atoms with Crippen molar-refractivity contribution in [2.45, 2.75) is 115 Å². The van der Waals surface area contributed by atoms with Crippen LogP contribution >= 0.6 is 0 Å². The van der Waals surface area contributed by atoms with Crippen molar-refractivity contribution in [1.29, 1.82) is 0 Å². The maximum Gasteiger partial charge on any atom is 0.425 e. The Morgan fingerprint density at radius 3 is 0.917 bits per heavy atom. The molecule has 0 unspecified atom stereocenters. The normalized spacial score (nSPS) is 12.8. The molecule has 0 atom stereocenters. The number of unbranched alkanes of at least 4 members (excludes halogenated alkanes) is 9. The van der Waals surface area contributed by atoms with Crippen molar-refractivity contribution in [2.75, 3.05) is 0 Å². The third kappa shape index (κ3) is 15.7. The fourth-order valence-electron chi connectivity index (χ4n) is 2.99. The Labute approximate surface area is 149 Å². The highest BCUT2D eigenvalue weighted by molar-refractivity contribution is 6.66. The maximum atomic E-state index is 13.8. The monoisotopic (exact) mass is 386 g/mol. The van der Waals surface area contributed by atoms with E-state index in [0.717, 1.165) is 38.5 Å². The largest absolute Gasteiger partial charge is 0.425 e. The molecule has 0 N–H and O–H groups in total. The SMILES string of the molecule is CCCCCC[Si](F)(F)CCCCCC[Si](F)(F)CCCCCC. The lowest BCUT2D eigenvalue weighted by atomic mass is 10.2. The topological polar surface area (TPSA) is 0 Å². The summed E-state index contributed by atoms with van der Waals surface area (Å²) in [4.78, 5) is 0.